The lowest BCUT2D eigenvalue weighted by molar-refractivity contribution is -0.140. The summed E-state index contributed by atoms with van der Waals surface area (Å²) in [5, 5.41) is 34.1. The molecule has 0 saturated heterocycles. The summed E-state index contributed by atoms with van der Waals surface area (Å²) in [6.45, 7) is 3.36. The number of hydrogen-bond acceptors (Lipinski definition) is 9. The quantitative estimate of drug-likeness (QED) is 0.159. The first-order valence-corrected chi connectivity index (χ1v) is 8.47. The Balaban J connectivity index is -0.000000162. The van der Waals surface area contributed by atoms with E-state index in [1.54, 1.807) is 13.8 Å². The van der Waals surface area contributed by atoms with E-state index in [9.17, 15) is 24.0 Å². The molecule has 2 atom stereocenters. The van der Waals surface area contributed by atoms with Crippen molar-refractivity contribution >= 4 is 29.9 Å². The van der Waals surface area contributed by atoms with Crippen molar-refractivity contribution in [1.82, 2.24) is 5.32 Å². The van der Waals surface area contributed by atoms with Gasteiger partial charge in [-0.3, -0.25) is 19.2 Å². The lowest BCUT2D eigenvalue weighted by Gasteiger charge is -2.07. The van der Waals surface area contributed by atoms with Crippen LogP contribution in [0.25, 0.3) is 0 Å². The Morgan fingerprint density at radius 3 is 1.37 bits per heavy atom. The molecule has 2 amide bonds. The number of carbonyl (C=O) groups excluding carboxylic acids is 1. The molecule has 0 aliphatic rings. The van der Waals surface area contributed by atoms with Crippen molar-refractivity contribution in [2.24, 2.45) is 34.6 Å². The van der Waals surface area contributed by atoms with E-state index in [0.717, 1.165) is 0 Å². The smallest absolute Gasteiger partial charge is 0.320 e. The van der Waals surface area contributed by atoms with E-state index in [1.165, 1.54) is 0 Å². The fourth-order valence-corrected chi connectivity index (χ4v) is 0.942. The number of urea groups is 1. The lowest BCUT2D eigenvalue weighted by atomic mass is 10.1. The minimum atomic E-state index is -1.03. The minimum absolute atomic E-state index is 0.0208. The summed E-state index contributed by atoms with van der Waals surface area (Å²) in [7, 11) is 0. The number of rotatable bonds is 9. The van der Waals surface area contributed by atoms with Crippen molar-refractivity contribution in [3.05, 3.63) is 0 Å². The minimum Gasteiger partial charge on any atom is -0.480 e. The van der Waals surface area contributed by atoms with Crippen LogP contribution in [0.3, 0.4) is 0 Å². The normalized spacial score (nSPS) is 11.0. The summed E-state index contributed by atoms with van der Waals surface area (Å²) < 4.78 is 0. The third-order valence-corrected chi connectivity index (χ3v) is 2.66. The largest absolute Gasteiger partial charge is 0.480 e. The van der Waals surface area contributed by atoms with Gasteiger partial charge in [-0.15, -0.1) is 0 Å². The molecule has 0 aliphatic heterocycles. The Hall–Kier alpha value is -3.01. The van der Waals surface area contributed by atoms with Gasteiger partial charge in [-0.2, -0.15) is 0 Å². The van der Waals surface area contributed by atoms with Gasteiger partial charge >= 0.3 is 29.9 Å². The summed E-state index contributed by atoms with van der Waals surface area (Å²) in [6.07, 6.45) is 0.839. The van der Waals surface area contributed by atoms with E-state index in [-0.39, 0.29) is 19.0 Å². The van der Waals surface area contributed by atoms with Gasteiger partial charge in [0.05, 0.1) is 13.1 Å². The number of amides is 2. The predicted molar refractivity (Wildman–Crippen MR) is 106 cm³/mol. The van der Waals surface area contributed by atoms with Gasteiger partial charge in [0.2, 0.25) is 0 Å². The molecule has 0 aliphatic carbocycles. The lowest BCUT2D eigenvalue weighted by Crippen LogP contribution is -2.34. The highest BCUT2D eigenvalue weighted by Crippen LogP contribution is 1.96. The number of aliphatic carboxylic acids is 4. The summed E-state index contributed by atoms with van der Waals surface area (Å²) in [5.41, 5.74) is 24.3. The summed E-state index contributed by atoms with van der Waals surface area (Å²) in [5.74, 6) is -3.88. The van der Waals surface area contributed by atoms with Crippen LogP contribution in [-0.4, -0.2) is 82.1 Å². The van der Waals surface area contributed by atoms with Gasteiger partial charge < -0.3 is 54.4 Å². The molecule has 0 heterocycles. The molecule has 0 saturated carbocycles. The second-order valence-corrected chi connectivity index (χ2v) is 5.68. The predicted octanol–water partition coefficient (Wildman–Crippen LogP) is -3.04. The second kappa shape index (κ2) is 22.3. The van der Waals surface area contributed by atoms with E-state index in [4.69, 9.17) is 37.6 Å². The highest BCUT2D eigenvalue weighted by atomic mass is 16.4. The van der Waals surface area contributed by atoms with Gasteiger partial charge in [0.15, 0.2) is 0 Å². The first-order chi connectivity index (χ1) is 13.6. The molecule has 0 aromatic rings. The average Bonchev–Trinajstić information content (AvgIpc) is 2.65. The number of primary amides is 1. The Bertz CT molecular complexity index is 503. The molecule has 0 spiro atoms. The Kier molecular flexibility index (Phi) is 25.6. The number of carbonyl (C=O) groups is 5. The summed E-state index contributed by atoms with van der Waals surface area (Å²) in [4.78, 5) is 48.8. The van der Waals surface area contributed by atoms with Gasteiger partial charge in [-0.1, -0.05) is 13.8 Å². The highest BCUT2D eigenvalue weighted by Gasteiger charge is 2.14. The first kappa shape index (κ1) is 34.5. The van der Waals surface area contributed by atoms with E-state index in [0.29, 0.717) is 19.4 Å². The molecular formula is C15H34N6O9. The van der Waals surface area contributed by atoms with Crippen LogP contribution in [0.2, 0.25) is 0 Å². The van der Waals surface area contributed by atoms with E-state index in [1.807, 2.05) is 0 Å². The monoisotopic (exact) mass is 442 g/mol. The second-order valence-electron chi connectivity index (χ2n) is 5.68. The van der Waals surface area contributed by atoms with Gasteiger partial charge in [0, 0.05) is 6.54 Å². The summed E-state index contributed by atoms with van der Waals surface area (Å²) >= 11 is 0. The van der Waals surface area contributed by atoms with Crippen LogP contribution in [0.4, 0.5) is 4.79 Å². The average molecular weight is 442 g/mol. The molecule has 0 rings (SSSR count). The SMILES string of the molecule is CC(C)[C@H](N)C(=O)O.NC(=O)NCCC[C@H](N)C(=O)O.NCC(=O)O.NCC(=O)O. The first-order valence-electron chi connectivity index (χ1n) is 8.47. The topological polar surface area (TPSA) is 308 Å². The molecule has 178 valence electrons. The van der Waals surface area contributed by atoms with Crippen LogP contribution in [0.5, 0.6) is 0 Å². The molecule has 0 fully saturated rings. The Morgan fingerprint density at radius 1 is 0.833 bits per heavy atom. The molecule has 0 aromatic carbocycles. The number of carboxylic acid groups (broad SMARTS) is 4. The maximum absolute atomic E-state index is 10.2. The van der Waals surface area contributed by atoms with Crippen molar-refractivity contribution in [3.8, 4) is 0 Å². The molecule has 0 aromatic heterocycles. The van der Waals surface area contributed by atoms with Crippen LogP contribution in [0.15, 0.2) is 0 Å². The number of nitrogens with two attached hydrogens (primary N) is 5. The third kappa shape index (κ3) is 36.0. The summed E-state index contributed by atoms with van der Waals surface area (Å²) in [6, 6.07) is -2.19. The van der Waals surface area contributed by atoms with Crippen LogP contribution >= 0.6 is 0 Å². The maximum atomic E-state index is 10.2. The molecular weight excluding hydrogens is 408 g/mol. The van der Waals surface area contributed by atoms with Crippen LogP contribution < -0.4 is 34.0 Å². The fourth-order valence-electron chi connectivity index (χ4n) is 0.942. The molecule has 30 heavy (non-hydrogen) atoms. The standard InChI is InChI=1S/C6H13N3O3.C5H11NO2.2C2H5NO2/c7-4(5(10)11)2-1-3-9-6(8)12;1-3(2)4(6)5(7)8;2*3-1-2(4)5/h4H,1-3,7H2,(H,10,11)(H3,8,9,12);3-4H,6H2,1-2H3,(H,7,8);2*1,3H2,(H,4,5)/t2*4-;;/m00../s1. The molecule has 15 nitrogen and oxygen atoms in total. The van der Waals surface area contributed by atoms with Crippen molar-refractivity contribution in [1.29, 1.82) is 0 Å². The van der Waals surface area contributed by atoms with Gasteiger partial charge in [0.25, 0.3) is 0 Å². The van der Waals surface area contributed by atoms with E-state index in [2.05, 4.69) is 16.8 Å². The van der Waals surface area contributed by atoms with E-state index < -0.39 is 42.0 Å². The maximum Gasteiger partial charge on any atom is 0.320 e. The van der Waals surface area contributed by atoms with Gasteiger partial charge in [-0.25, -0.2) is 4.79 Å². The van der Waals surface area contributed by atoms with Crippen LogP contribution in [0, 0.1) is 5.92 Å². The van der Waals surface area contributed by atoms with Gasteiger partial charge in [0.1, 0.15) is 12.1 Å². The Labute approximate surface area is 173 Å². The van der Waals surface area contributed by atoms with Crippen molar-refractivity contribution in [2.75, 3.05) is 19.6 Å². The van der Waals surface area contributed by atoms with Crippen molar-refractivity contribution in [3.63, 3.8) is 0 Å². The highest BCUT2D eigenvalue weighted by molar-refractivity contribution is 5.73. The van der Waals surface area contributed by atoms with Crippen molar-refractivity contribution < 1.29 is 44.4 Å². The van der Waals surface area contributed by atoms with Gasteiger partial charge in [-0.05, 0) is 18.8 Å². The van der Waals surface area contributed by atoms with Crippen molar-refractivity contribution in [2.45, 2.75) is 38.8 Å². The number of nitrogens with one attached hydrogen (secondary N) is 1. The Morgan fingerprint density at radius 2 is 1.20 bits per heavy atom. The zero-order valence-corrected chi connectivity index (χ0v) is 17.0. The third-order valence-electron chi connectivity index (χ3n) is 2.66. The zero-order valence-electron chi connectivity index (χ0n) is 17.0. The molecule has 15 heteroatoms. The zero-order chi connectivity index (χ0) is 24.9. The van der Waals surface area contributed by atoms with E-state index >= 15 is 0 Å². The molecule has 15 N–H and O–H groups in total. The molecule has 0 unspecified atom stereocenters. The molecule has 0 bridgehead atoms. The van der Waals surface area contributed by atoms with Crippen LogP contribution in [-0.2, 0) is 19.2 Å². The number of hydrogen-bond donors (Lipinski definition) is 10. The molecule has 0 radical (unpaired) electrons. The fraction of sp³-hybridized carbons (Fsp3) is 0.667. The van der Waals surface area contributed by atoms with Crippen LogP contribution in [0.1, 0.15) is 26.7 Å². The number of carboxylic acids is 4.